The number of aromatic nitrogens is 1. The highest BCUT2D eigenvalue weighted by Crippen LogP contribution is 2.28. The minimum Gasteiger partial charge on any atom is -0.488 e. The fourth-order valence-corrected chi connectivity index (χ4v) is 1.46. The monoisotopic (exact) mass is 208 g/mol. The molecule has 1 aliphatic heterocycles. The highest BCUT2D eigenvalue weighted by atomic mass is 16.5. The van der Waals surface area contributed by atoms with Crippen LogP contribution in [-0.4, -0.2) is 38.3 Å². The number of hydrogen-bond donors (Lipinski definition) is 0. The molecule has 0 fully saturated rings. The molecule has 1 aliphatic rings. The summed E-state index contributed by atoms with van der Waals surface area (Å²) >= 11 is 0. The number of hydrogen-bond acceptors (Lipinski definition) is 5. The number of esters is 1. The fraction of sp³-hybridized carbons (Fsp3) is 0.400. The van der Waals surface area contributed by atoms with Crippen LogP contribution < -0.4 is 9.64 Å². The van der Waals surface area contributed by atoms with Crippen LogP contribution in [0, 0.1) is 0 Å². The predicted octanol–water partition coefficient (Wildman–Crippen LogP) is 0.697. The Hall–Kier alpha value is -1.78. The van der Waals surface area contributed by atoms with Gasteiger partial charge in [0.15, 0.2) is 11.6 Å². The van der Waals surface area contributed by atoms with Crippen molar-refractivity contribution in [1.29, 1.82) is 0 Å². The van der Waals surface area contributed by atoms with Gasteiger partial charge in [-0.3, -0.25) is 0 Å². The van der Waals surface area contributed by atoms with Crippen LogP contribution in [0.2, 0.25) is 0 Å². The Balaban J connectivity index is 2.37. The van der Waals surface area contributed by atoms with Crippen LogP contribution in [0.15, 0.2) is 12.3 Å². The average molecular weight is 208 g/mol. The molecule has 0 amide bonds. The number of carbonyl (C=O) groups excluding carboxylic acids is 1. The topological polar surface area (TPSA) is 51.7 Å². The van der Waals surface area contributed by atoms with E-state index in [0.29, 0.717) is 17.9 Å². The summed E-state index contributed by atoms with van der Waals surface area (Å²) in [6.07, 6.45) is 1.50. The molecule has 0 bridgehead atoms. The first kappa shape index (κ1) is 9.76. The second-order valence-electron chi connectivity index (χ2n) is 3.31. The van der Waals surface area contributed by atoms with Gasteiger partial charge in [-0.05, 0) is 0 Å². The highest BCUT2D eigenvalue weighted by Gasteiger charge is 2.18. The van der Waals surface area contributed by atoms with Gasteiger partial charge in [-0.25, -0.2) is 9.78 Å². The summed E-state index contributed by atoms with van der Waals surface area (Å²) in [6.45, 7) is 1.41. The molecule has 0 atom stereocenters. The highest BCUT2D eigenvalue weighted by molar-refractivity contribution is 5.90. The summed E-state index contributed by atoms with van der Waals surface area (Å²) in [5, 5.41) is 0. The Morgan fingerprint density at radius 3 is 3.20 bits per heavy atom. The molecule has 0 radical (unpaired) electrons. The molecular weight excluding hydrogens is 196 g/mol. The van der Waals surface area contributed by atoms with E-state index in [1.54, 1.807) is 6.07 Å². The second kappa shape index (κ2) is 3.76. The smallest absolute Gasteiger partial charge is 0.339 e. The average Bonchev–Trinajstić information content (AvgIpc) is 2.28. The first-order valence-corrected chi connectivity index (χ1v) is 4.64. The quantitative estimate of drug-likeness (QED) is 0.636. The summed E-state index contributed by atoms with van der Waals surface area (Å²) in [6, 6.07) is 1.66. The normalized spacial score (nSPS) is 14.1. The Bertz CT molecular complexity index is 392. The van der Waals surface area contributed by atoms with Crippen LogP contribution in [0.25, 0.3) is 0 Å². The van der Waals surface area contributed by atoms with E-state index in [9.17, 15) is 4.79 Å². The maximum atomic E-state index is 11.2. The number of pyridine rings is 1. The van der Waals surface area contributed by atoms with E-state index in [0.717, 1.165) is 12.4 Å². The Morgan fingerprint density at radius 2 is 2.47 bits per heavy atom. The summed E-state index contributed by atoms with van der Waals surface area (Å²) in [5.41, 5.74) is 0.409. The lowest BCUT2D eigenvalue weighted by atomic mass is 10.2. The maximum absolute atomic E-state index is 11.2. The van der Waals surface area contributed by atoms with Crippen molar-refractivity contribution >= 4 is 11.8 Å². The summed E-state index contributed by atoms with van der Waals surface area (Å²) in [5.74, 6) is 0.989. The number of nitrogens with zero attached hydrogens (tertiary/aromatic N) is 2. The third-order valence-corrected chi connectivity index (χ3v) is 2.30. The first-order valence-electron chi connectivity index (χ1n) is 4.64. The van der Waals surface area contributed by atoms with Crippen molar-refractivity contribution in [3.8, 4) is 5.75 Å². The number of likely N-dealkylation sites (N-methyl/N-ethyl adjacent to an activating group) is 1. The SMILES string of the molecule is COC(=O)c1cnc2c(c1)OCCN2C. The number of rotatable bonds is 1. The molecule has 1 aromatic rings. The van der Waals surface area contributed by atoms with E-state index in [2.05, 4.69) is 9.72 Å². The first-order chi connectivity index (χ1) is 7.22. The van der Waals surface area contributed by atoms with Gasteiger partial charge in [0.2, 0.25) is 0 Å². The molecule has 5 heteroatoms. The Morgan fingerprint density at radius 1 is 1.67 bits per heavy atom. The molecule has 5 nitrogen and oxygen atoms in total. The zero-order valence-corrected chi connectivity index (χ0v) is 8.69. The van der Waals surface area contributed by atoms with Gasteiger partial charge in [0.1, 0.15) is 6.61 Å². The summed E-state index contributed by atoms with van der Waals surface area (Å²) in [7, 11) is 3.28. The van der Waals surface area contributed by atoms with Gasteiger partial charge in [-0.2, -0.15) is 0 Å². The van der Waals surface area contributed by atoms with E-state index in [-0.39, 0.29) is 0 Å². The molecular formula is C10H12N2O3. The standard InChI is InChI=1S/C10H12N2O3/c1-12-3-4-15-8-5-7(10(13)14-2)6-11-9(8)12/h5-6H,3-4H2,1-2H3. The molecule has 1 aromatic heterocycles. The molecule has 0 N–H and O–H groups in total. The van der Waals surface area contributed by atoms with Crippen LogP contribution in [0.1, 0.15) is 10.4 Å². The van der Waals surface area contributed by atoms with Crippen molar-refractivity contribution < 1.29 is 14.3 Å². The number of fused-ring (bicyclic) bond motifs is 1. The van der Waals surface area contributed by atoms with Crippen molar-refractivity contribution in [3.05, 3.63) is 17.8 Å². The summed E-state index contributed by atoms with van der Waals surface area (Å²) < 4.78 is 10.0. The number of ether oxygens (including phenoxy) is 2. The second-order valence-corrected chi connectivity index (χ2v) is 3.31. The van der Waals surface area contributed by atoms with Crippen molar-refractivity contribution in [3.63, 3.8) is 0 Å². The summed E-state index contributed by atoms with van der Waals surface area (Å²) in [4.78, 5) is 17.4. The number of methoxy groups -OCH3 is 1. The van der Waals surface area contributed by atoms with Gasteiger partial charge in [-0.15, -0.1) is 0 Å². The Kier molecular flexibility index (Phi) is 2.45. The molecule has 0 spiro atoms. The van der Waals surface area contributed by atoms with Gasteiger partial charge in [0.05, 0.1) is 19.2 Å². The molecule has 0 aromatic carbocycles. The molecule has 15 heavy (non-hydrogen) atoms. The van der Waals surface area contributed by atoms with E-state index < -0.39 is 5.97 Å². The number of anilines is 1. The van der Waals surface area contributed by atoms with Crippen molar-refractivity contribution in [2.24, 2.45) is 0 Å². The van der Waals surface area contributed by atoms with Gasteiger partial charge in [-0.1, -0.05) is 0 Å². The zero-order chi connectivity index (χ0) is 10.8. The predicted molar refractivity (Wildman–Crippen MR) is 54.3 cm³/mol. The zero-order valence-electron chi connectivity index (χ0n) is 8.69. The van der Waals surface area contributed by atoms with Gasteiger partial charge < -0.3 is 14.4 Å². The fourth-order valence-electron chi connectivity index (χ4n) is 1.46. The van der Waals surface area contributed by atoms with E-state index in [4.69, 9.17) is 4.74 Å². The third kappa shape index (κ3) is 1.72. The molecule has 0 aliphatic carbocycles. The molecule has 2 rings (SSSR count). The van der Waals surface area contributed by atoms with Crippen molar-refractivity contribution in [1.82, 2.24) is 4.98 Å². The number of carbonyl (C=O) groups is 1. The third-order valence-electron chi connectivity index (χ3n) is 2.30. The molecule has 80 valence electrons. The van der Waals surface area contributed by atoms with Crippen LogP contribution in [0.4, 0.5) is 5.82 Å². The molecule has 0 unspecified atom stereocenters. The van der Waals surface area contributed by atoms with Crippen LogP contribution in [0.5, 0.6) is 5.75 Å². The lowest BCUT2D eigenvalue weighted by Crippen LogP contribution is -2.29. The van der Waals surface area contributed by atoms with Crippen LogP contribution in [-0.2, 0) is 4.74 Å². The molecule has 2 heterocycles. The lowest BCUT2D eigenvalue weighted by molar-refractivity contribution is 0.0599. The largest absolute Gasteiger partial charge is 0.488 e. The lowest BCUT2D eigenvalue weighted by Gasteiger charge is -2.26. The van der Waals surface area contributed by atoms with Gasteiger partial charge >= 0.3 is 5.97 Å². The van der Waals surface area contributed by atoms with Crippen LogP contribution in [0.3, 0.4) is 0 Å². The Labute approximate surface area is 87.6 Å². The van der Waals surface area contributed by atoms with Crippen LogP contribution >= 0.6 is 0 Å². The van der Waals surface area contributed by atoms with Crippen molar-refractivity contribution in [2.45, 2.75) is 0 Å². The van der Waals surface area contributed by atoms with Gasteiger partial charge in [0, 0.05) is 19.3 Å². The van der Waals surface area contributed by atoms with E-state index in [1.807, 2.05) is 11.9 Å². The van der Waals surface area contributed by atoms with Crippen molar-refractivity contribution in [2.75, 3.05) is 32.2 Å². The van der Waals surface area contributed by atoms with Gasteiger partial charge in [0.25, 0.3) is 0 Å². The maximum Gasteiger partial charge on any atom is 0.339 e. The van der Waals surface area contributed by atoms with E-state index >= 15 is 0 Å². The van der Waals surface area contributed by atoms with E-state index in [1.165, 1.54) is 13.3 Å². The molecule has 0 saturated carbocycles. The minimum absolute atomic E-state index is 0.401. The molecule has 0 saturated heterocycles. The minimum atomic E-state index is -0.401.